The van der Waals surface area contributed by atoms with Gasteiger partial charge in [-0.1, -0.05) is 0 Å². The number of hydrogen-bond donors (Lipinski definition) is 0. The second-order valence-electron chi connectivity index (χ2n) is 7.73. The summed E-state index contributed by atoms with van der Waals surface area (Å²) in [5, 5.41) is 0. The molecule has 1 aliphatic carbocycles. The van der Waals surface area contributed by atoms with Crippen LogP contribution in [0, 0.1) is 5.92 Å². The van der Waals surface area contributed by atoms with Crippen LogP contribution in [0.3, 0.4) is 0 Å². The Morgan fingerprint density at radius 2 is 2.14 bits per heavy atom. The number of fused-ring (bicyclic) bond motifs is 1. The van der Waals surface area contributed by atoms with Gasteiger partial charge in [0.25, 0.3) is 0 Å². The van der Waals surface area contributed by atoms with Crippen LogP contribution in [0.1, 0.15) is 31.7 Å². The number of carbonyl (C=O) groups excluding carboxylic acids is 1. The molecule has 2 aromatic heterocycles. The largest absolute Gasteiger partial charge is 0.382 e. The summed E-state index contributed by atoms with van der Waals surface area (Å²) in [6.45, 7) is 2.90. The Hall–Kier alpha value is -2.19. The monoisotopic (exact) mass is 388 g/mol. The quantitative estimate of drug-likeness (QED) is 0.640. The fraction of sp³-hybridized carbons (Fsp3) is 0.650. The molecule has 2 aromatic rings. The molecule has 1 saturated heterocycles. The maximum atomic E-state index is 13.2. The number of methoxy groups -OCH3 is 1. The number of hydrogen-bond acceptors (Lipinski definition) is 5. The Kier molecular flexibility index (Phi) is 5.77. The molecule has 0 radical (unpaired) electrons. The van der Waals surface area contributed by atoms with E-state index in [1.165, 1.54) is 12.8 Å². The number of imidazole rings is 1. The van der Waals surface area contributed by atoms with Crippen LogP contribution in [0.5, 0.6) is 0 Å². The summed E-state index contributed by atoms with van der Waals surface area (Å²) in [5.74, 6) is 0.564. The van der Waals surface area contributed by atoms with E-state index in [1.54, 1.807) is 18.2 Å². The van der Waals surface area contributed by atoms with E-state index in [-0.39, 0.29) is 24.2 Å². The molecule has 0 spiro atoms. The molecule has 2 fully saturated rings. The summed E-state index contributed by atoms with van der Waals surface area (Å²) in [6.07, 6.45) is 5.84. The smallest absolute Gasteiger partial charge is 0.330 e. The van der Waals surface area contributed by atoms with Gasteiger partial charge in [-0.05, 0) is 43.7 Å². The van der Waals surface area contributed by atoms with Crippen LogP contribution in [0.15, 0.2) is 23.1 Å². The normalized spacial score (nSPS) is 20.0. The third-order valence-electron chi connectivity index (χ3n) is 5.63. The van der Waals surface area contributed by atoms with Gasteiger partial charge in [-0.3, -0.25) is 13.9 Å². The van der Waals surface area contributed by atoms with Crippen molar-refractivity contribution in [3.63, 3.8) is 0 Å². The fourth-order valence-corrected chi connectivity index (χ4v) is 3.96. The predicted octanol–water partition coefficient (Wildman–Crippen LogP) is 1.43. The first-order chi connectivity index (χ1) is 13.7. The molecule has 0 aromatic carbocycles. The summed E-state index contributed by atoms with van der Waals surface area (Å²) >= 11 is 0. The lowest BCUT2D eigenvalue weighted by atomic mass is 10.1. The molecule has 1 saturated carbocycles. The molecule has 8 nitrogen and oxygen atoms in total. The molecule has 2 aliphatic rings. The van der Waals surface area contributed by atoms with Crippen molar-refractivity contribution in [2.75, 3.05) is 40.0 Å². The topological polar surface area (TPSA) is 78.6 Å². The molecular weight excluding hydrogens is 360 g/mol. The highest BCUT2D eigenvalue weighted by atomic mass is 16.5. The van der Waals surface area contributed by atoms with Crippen molar-refractivity contribution in [1.82, 2.24) is 19.0 Å². The Labute approximate surface area is 164 Å². The number of ether oxygens (including phenoxy) is 2. The van der Waals surface area contributed by atoms with E-state index in [1.807, 2.05) is 21.3 Å². The number of likely N-dealkylation sites (tertiary alicyclic amines) is 1. The molecular formula is C20H28N4O4. The summed E-state index contributed by atoms with van der Waals surface area (Å²) in [4.78, 5) is 32.0. The highest BCUT2D eigenvalue weighted by Crippen LogP contribution is 2.32. The van der Waals surface area contributed by atoms with E-state index >= 15 is 0 Å². The number of carbonyl (C=O) groups is 1. The standard InChI is InChI=1S/C20H28N4O4/c1-27-10-11-28-14-18(25)22-9-3-4-16(13-22)24-19-17(5-2-8-21-19)23(20(24)26)12-15-6-7-15/h2,5,8,15-16H,3-4,6-7,9-14H2,1H3/t16-/m0/s1. The average Bonchev–Trinajstić information content (AvgIpc) is 3.50. The van der Waals surface area contributed by atoms with Crippen LogP contribution >= 0.6 is 0 Å². The lowest BCUT2D eigenvalue weighted by Crippen LogP contribution is -2.44. The van der Waals surface area contributed by atoms with Crippen molar-refractivity contribution in [3.8, 4) is 0 Å². The molecule has 3 heterocycles. The minimum absolute atomic E-state index is 0.00348. The van der Waals surface area contributed by atoms with Gasteiger partial charge in [-0.25, -0.2) is 9.78 Å². The lowest BCUT2D eigenvalue weighted by Gasteiger charge is -2.33. The van der Waals surface area contributed by atoms with E-state index in [9.17, 15) is 9.59 Å². The van der Waals surface area contributed by atoms with Crippen molar-refractivity contribution in [2.45, 2.75) is 38.3 Å². The maximum absolute atomic E-state index is 13.2. The van der Waals surface area contributed by atoms with Crippen LogP contribution in [0.25, 0.3) is 11.2 Å². The summed E-state index contributed by atoms with van der Waals surface area (Å²) in [6, 6.07) is 3.80. The molecule has 0 bridgehead atoms. The molecule has 4 rings (SSSR count). The third-order valence-corrected chi connectivity index (χ3v) is 5.63. The van der Waals surface area contributed by atoms with Gasteiger partial charge in [0.1, 0.15) is 6.61 Å². The van der Waals surface area contributed by atoms with Crippen molar-refractivity contribution >= 4 is 17.1 Å². The fourth-order valence-electron chi connectivity index (χ4n) is 3.96. The number of nitrogens with zero attached hydrogens (tertiary/aromatic N) is 4. The van der Waals surface area contributed by atoms with E-state index in [0.717, 1.165) is 30.6 Å². The van der Waals surface area contributed by atoms with E-state index in [4.69, 9.17) is 9.47 Å². The van der Waals surface area contributed by atoms with Crippen LogP contribution in [0.2, 0.25) is 0 Å². The Morgan fingerprint density at radius 3 is 2.93 bits per heavy atom. The van der Waals surface area contributed by atoms with Gasteiger partial charge in [0.2, 0.25) is 5.91 Å². The molecule has 8 heteroatoms. The van der Waals surface area contributed by atoms with Crippen LogP contribution in [-0.2, 0) is 20.8 Å². The van der Waals surface area contributed by atoms with Crippen LogP contribution in [-0.4, -0.2) is 64.9 Å². The van der Waals surface area contributed by atoms with E-state index in [2.05, 4.69) is 4.98 Å². The van der Waals surface area contributed by atoms with Gasteiger partial charge in [-0.15, -0.1) is 0 Å². The van der Waals surface area contributed by atoms with Crippen molar-refractivity contribution < 1.29 is 14.3 Å². The average molecular weight is 388 g/mol. The van der Waals surface area contributed by atoms with E-state index in [0.29, 0.717) is 32.2 Å². The SMILES string of the molecule is COCCOCC(=O)N1CCC[C@H](n2c(=O)n(CC3CC3)c3cccnc32)C1. The van der Waals surface area contributed by atoms with Crippen molar-refractivity contribution in [1.29, 1.82) is 0 Å². The first kappa shape index (κ1) is 19.1. The molecule has 1 aliphatic heterocycles. The summed E-state index contributed by atoms with van der Waals surface area (Å²) in [5.41, 5.74) is 1.62. The minimum atomic E-state index is -0.0537. The van der Waals surface area contributed by atoms with Gasteiger partial charge < -0.3 is 14.4 Å². The van der Waals surface area contributed by atoms with Gasteiger partial charge in [0, 0.05) is 32.9 Å². The molecule has 0 unspecified atom stereocenters. The molecule has 1 amide bonds. The Bertz CT molecular complexity index is 886. The van der Waals surface area contributed by atoms with E-state index < -0.39 is 0 Å². The van der Waals surface area contributed by atoms with Crippen LogP contribution in [0.4, 0.5) is 0 Å². The highest BCUT2D eigenvalue weighted by Gasteiger charge is 2.30. The Morgan fingerprint density at radius 1 is 1.29 bits per heavy atom. The maximum Gasteiger partial charge on any atom is 0.330 e. The van der Waals surface area contributed by atoms with Crippen molar-refractivity contribution in [2.24, 2.45) is 5.92 Å². The zero-order valence-electron chi connectivity index (χ0n) is 16.4. The molecule has 28 heavy (non-hydrogen) atoms. The van der Waals surface area contributed by atoms with Gasteiger partial charge >= 0.3 is 5.69 Å². The molecule has 0 N–H and O–H groups in total. The predicted molar refractivity (Wildman–Crippen MR) is 104 cm³/mol. The van der Waals surface area contributed by atoms with Gasteiger partial charge in [0.05, 0.1) is 24.8 Å². The Balaban J connectivity index is 1.53. The van der Waals surface area contributed by atoms with Gasteiger partial charge in [0.15, 0.2) is 5.65 Å². The highest BCUT2D eigenvalue weighted by molar-refractivity contribution is 5.77. The second-order valence-corrected chi connectivity index (χ2v) is 7.73. The zero-order chi connectivity index (χ0) is 19.5. The lowest BCUT2D eigenvalue weighted by molar-refractivity contribution is -0.138. The zero-order valence-corrected chi connectivity index (χ0v) is 16.4. The number of amides is 1. The molecule has 1 atom stereocenters. The van der Waals surface area contributed by atoms with Crippen LogP contribution < -0.4 is 5.69 Å². The number of pyridine rings is 1. The second kappa shape index (κ2) is 8.45. The number of aromatic nitrogens is 3. The first-order valence-corrected chi connectivity index (χ1v) is 10.1. The van der Waals surface area contributed by atoms with Crippen molar-refractivity contribution in [3.05, 3.63) is 28.8 Å². The molecule has 152 valence electrons. The summed E-state index contributed by atoms with van der Waals surface area (Å²) in [7, 11) is 1.60. The third kappa shape index (κ3) is 3.98. The number of rotatable bonds is 8. The first-order valence-electron chi connectivity index (χ1n) is 10.1. The number of piperidine rings is 1. The van der Waals surface area contributed by atoms with Gasteiger partial charge in [-0.2, -0.15) is 0 Å². The summed E-state index contributed by atoms with van der Waals surface area (Å²) < 4.78 is 14.0. The minimum Gasteiger partial charge on any atom is -0.382 e.